The molecule has 0 spiro atoms. The summed E-state index contributed by atoms with van der Waals surface area (Å²) in [6.45, 7) is 0.831. The quantitative estimate of drug-likeness (QED) is 0.853. The number of ether oxygens (including phenoxy) is 1. The molecule has 1 aliphatic rings. The summed E-state index contributed by atoms with van der Waals surface area (Å²) in [6, 6.07) is 3.77. The maximum Gasteiger partial charge on any atom is 0.137 e. The van der Waals surface area contributed by atoms with Crippen LogP contribution in [0.5, 0.6) is 5.75 Å². The van der Waals surface area contributed by atoms with Crippen LogP contribution in [-0.2, 0) is 0 Å². The third-order valence-electron chi connectivity index (χ3n) is 3.65. The number of hydrogen-bond donors (Lipinski definition) is 1. The van der Waals surface area contributed by atoms with Gasteiger partial charge < -0.3 is 9.84 Å². The second-order valence-corrected chi connectivity index (χ2v) is 4.84. The maximum atomic E-state index is 9.46. The van der Waals surface area contributed by atoms with Crippen LogP contribution in [0.3, 0.4) is 0 Å². The molecule has 1 aromatic heterocycles. The molecule has 0 saturated heterocycles. The second-order valence-electron chi connectivity index (χ2n) is 4.84. The van der Waals surface area contributed by atoms with E-state index in [4.69, 9.17) is 4.74 Å². The van der Waals surface area contributed by atoms with Gasteiger partial charge in [-0.1, -0.05) is 19.3 Å². The van der Waals surface area contributed by atoms with Crippen molar-refractivity contribution in [3.63, 3.8) is 0 Å². The van der Waals surface area contributed by atoms with Crippen LogP contribution in [0, 0.1) is 11.8 Å². The third-order valence-corrected chi connectivity index (χ3v) is 3.65. The highest BCUT2D eigenvalue weighted by Crippen LogP contribution is 2.30. The number of aliphatic hydroxyl groups excluding tert-OH is 1. The first-order chi connectivity index (χ1) is 8.40. The van der Waals surface area contributed by atoms with Gasteiger partial charge in [0, 0.05) is 18.7 Å². The average Bonchev–Trinajstić information content (AvgIpc) is 2.42. The lowest BCUT2D eigenvalue weighted by atomic mass is 9.81. The Morgan fingerprint density at radius 1 is 1.35 bits per heavy atom. The summed E-state index contributed by atoms with van der Waals surface area (Å²) in [5, 5.41) is 9.46. The molecule has 1 aromatic rings. The average molecular weight is 235 g/mol. The number of nitrogens with zero attached hydrogens (tertiary/aromatic N) is 1. The molecule has 94 valence electrons. The lowest BCUT2D eigenvalue weighted by molar-refractivity contribution is 0.0982. The molecule has 3 heteroatoms. The first-order valence-corrected chi connectivity index (χ1v) is 6.54. The van der Waals surface area contributed by atoms with E-state index in [0.717, 1.165) is 5.75 Å². The molecule has 1 atom stereocenters. The van der Waals surface area contributed by atoms with Gasteiger partial charge in [0.15, 0.2) is 0 Å². The molecule has 1 fully saturated rings. The highest BCUT2D eigenvalue weighted by molar-refractivity contribution is 5.15. The number of rotatable bonds is 5. The van der Waals surface area contributed by atoms with Gasteiger partial charge in [0.05, 0.1) is 12.8 Å². The molecule has 0 aliphatic heterocycles. The van der Waals surface area contributed by atoms with Gasteiger partial charge >= 0.3 is 0 Å². The summed E-state index contributed by atoms with van der Waals surface area (Å²) in [7, 11) is 0. The van der Waals surface area contributed by atoms with Crippen molar-refractivity contribution in [2.75, 3.05) is 13.2 Å². The SMILES string of the molecule is OCC(COc1cccnc1)C1CCCCC1. The van der Waals surface area contributed by atoms with Gasteiger partial charge in [-0.15, -0.1) is 0 Å². The minimum atomic E-state index is 0.227. The van der Waals surface area contributed by atoms with Gasteiger partial charge in [-0.2, -0.15) is 0 Å². The van der Waals surface area contributed by atoms with Crippen LogP contribution in [0.2, 0.25) is 0 Å². The van der Waals surface area contributed by atoms with Crippen molar-refractivity contribution >= 4 is 0 Å². The molecule has 1 N–H and O–H groups in total. The van der Waals surface area contributed by atoms with E-state index in [1.807, 2.05) is 12.1 Å². The van der Waals surface area contributed by atoms with E-state index in [9.17, 15) is 5.11 Å². The van der Waals surface area contributed by atoms with E-state index in [1.54, 1.807) is 12.4 Å². The van der Waals surface area contributed by atoms with E-state index >= 15 is 0 Å². The summed E-state index contributed by atoms with van der Waals surface area (Å²) in [6.07, 6.45) is 9.87. The zero-order valence-corrected chi connectivity index (χ0v) is 10.2. The Labute approximate surface area is 103 Å². The maximum absolute atomic E-state index is 9.46. The smallest absolute Gasteiger partial charge is 0.137 e. The topological polar surface area (TPSA) is 42.4 Å². The lowest BCUT2D eigenvalue weighted by Gasteiger charge is -2.28. The highest BCUT2D eigenvalue weighted by atomic mass is 16.5. The van der Waals surface area contributed by atoms with Crippen molar-refractivity contribution in [3.05, 3.63) is 24.5 Å². The number of aromatic nitrogens is 1. The monoisotopic (exact) mass is 235 g/mol. The van der Waals surface area contributed by atoms with E-state index < -0.39 is 0 Å². The predicted molar refractivity (Wildman–Crippen MR) is 66.9 cm³/mol. The summed E-state index contributed by atoms with van der Waals surface area (Å²) in [5.41, 5.74) is 0. The van der Waals surface area contributed by atoms with Gasteiger partial charge in [0.2, 0.25) is 0 Å². The fourth-order valence-corrected chi connectivity index (χ4v) is 2.58. The number of aliphatic hydroxyl groups is 1. The molecule has 1 saturated carbocycles. The van der Waals surface area contributed by atoms with Crippen molar-refractivity contribution in [2.24, 2.45) is 11.8 Å². The zero-order valence-electron chi connectivity index (χ0n) is 10.2. The van der Waals surface area contributed by atoms with Crippen LogP contribution in [0.25, 0.3) is 0 Å². The Balaban J connectivity index is 1.82. The van der Waals surface area contributed by atoms with E-state index in [2.05, 4.69) is 4.98 Å². The van der Waals surface area contributed by atoms with Crippen LogP contribution < -0.4 is 4.74 Å². The van der Waals surface area contributed by atoms with Crippen molar-refractivity contribution in [2.45, 2.75) is 32.1 Å². The van der Waals surface area contributed by atoms with Crippen molar-refractivity contribution in [3.8, 4) is 5.75 Å². The standard InChI is InChI=1S/C14H21NO2/c16-10-13(12-5-2-1-3-6-12)11-17-14-7-4-8-15-9-14/h4,7-9,12-13,16H,1-3,5-6,10-11H2. The van der Waals surface area contributed by atoms with Crippen LogP contribution in [0.15, 0.2) is 24.5 Å². The Morgan fingerprint density at radius 3 is 2.82 bits per heavy atom. The normalized spacial score (nSPS) is 18.9. The molecule has 0 aromatic carbocycles. The van der Waals surface area contributed by atoms with Crippen LogP contribution in [-0.4, -0.2) is 23.3 Å². The number of pyridine rings is 1. The minimum absolute atomic E-state index is 0.227. The molecule has 0 bridgehead atoms. The highest BCUT2D eigenvalue weighted by Gasteiger charge is 2.23. The molecule has 1 aliphatic carbocycles. The molecule has 0 amide bonds. The lowest BCUT2D eigenvalue weighted by Crippen LogP contribution is -2.26. The molecule has 1 heterocycles. The Morgan fingerprint density at radius 2 is 2.18 bits per heavy atom. The van der Waals surface area contributed by atoms with Gasteiger partial charge in [0.25, 0.3) is 0 Å². The Hall–Kier alpha value is -1.09. The Kier molecular flexibility index (Phi) is 4.80. The third kappa shape index (κ3) is 3.70. The summed E-state index contributed by atoms with van der Waals surface area (Å²) in [5.74, 6) is 1.70. The van der Waals surface area contributed by atoms with Crippen molar-refractivity contribution in [1.82, 2.24) is 4.98 Å². The number of hydrogen-bond acceptors (Lipinski definition) is 3. The zero-order chi connectivity index (χ0) is 11.9. The van der Waals surface area contributed by atoms with Gasteiger partial charge in [0.1, 0.15) is 5.75 Å². The molecule has 17 heavy (non-hydrogen) atoms. The molecule has 3 nitrogen and oxygen atoms in total. The van der Waals surface area contributed by atoms with Crippen molar-refractivity contribution in [1.29, 1.82) is 0 Å². The van der Waals surface area contributed by atoms with Gasteiger partial charge in [-0.3, -0.25) is 4.98 Å². The van der Waals surface area contributed by atoms with E-state index in [1.165, 1.54) is 32.1 Å². The van der Waals surface area contributed by atoms with Crippen LogP contribution in [0.4, 0.5) is 0 Å². The summed E-state index contributed by atoms with van der Waals surface area (Å²) < 4.78 is 5.69. The predicted octanol–water partition coefficient (Wildman–Crippen LogP) is 2.65. The fourth-order valence-electron chi connectivity index (χ4n) is 2.58. The van der Waals surface area contributed by atoms with E-state index in [-0.39, 0.29) is 12.5 Å². The van der Waals surface area contributed by atoms with Crippen LogP contribution in [0.1, 0.15) is 32.1 Å². The Bertz CT molecular complexity index is 309. The first-order valence-electron chi connectivity index (χ1n) is 6.54. The molecular weight excluding hydrogens is 214 g/mol. The minimum Gasteiger partial charge on any atom is -0.492 e. The second kappa shape index (κ2) is 6.60. The molecular formula is C14H21NO2. The molecule has 0 radical (unpaired) electrons. The van der Waals surface area contributed by atoms with Crippen molar-refractivity contribution < 1.29 is 9.84 Å². The first kappa shape index (κ1) is 12.4. The molecule has 1 unspecified atom stereocenters. The fraction of sp³-hybridized carbons (Fsp3) is 0.643. The largest absolute Gasteiger partial charge is 0.492 e. The van der Waals surface area contributed by atoms with Gasteiger partial charge in [-0.05, 0) is 30.9 Å². The summed E-state index contributed by atoms with van der Waals surface area (Å²) >= 11 is 0. The molecule has 2 rings (SSSR count). The van der Waals surface area contributed by atoms with Gasteiger partial charge in [-0.25, -0.2) is 0 Å². The van der Waals surface area contributed by atoms with E-state index in [0.29, 0.717) is 12.5 Å². The van der Waals surface area contributed by atoms with Crippen LogP contribution >= 0.6 is 0 Å². The summed E-state index contributed by atoms with van der Waals surface area (Å²) in [4.78, 5) is 4.01.